The minimum absolute atomic E-state index is 0.537. The lowest BCUT2D eigenvalue weighted by Crippen LogP contribution is -1.93. The molecule has 2 N–H and O–H groups in total. The molecular formula is C11H13N3O. The van der Waals surface area contributed by atoms with Gasteiger partial charge in [0.25, 0.3) is 5.71 Å². The van der Waals surface area contributed by atoms with E-state index >= 15 is 0 Å². The molecule has 1 fully saturated rings. The molecule has 1 aliphatic carbocycles. The van der Waals surface area contributed by atoms with Crippen LogP contribution in [0.3, 0.4) is 0 Å². The summed E-state index contributed by atoms with van der Waals surface area (Å²) in [4.78, 5) is 4.12. The molecule has 0 aliphatic heterocycles. The Balaban J connectivity index is 2.13. The van der Waals surface area contributed by atoms with Crippen LogP contribution in [-0.4, -0.2) is 10.1 Å². The van der Waals surface area contributed by atoms with E-state index in [1.54, 1.807) is 6.20 Å². The van der Waals surface area contributed by atoms with E-state index in [4.69, 9.17) is 10.3 Å². The second kappa shape index (κ2) is 3.22. The third-order valence-corrected chi connectivity index (χ3v) is 3.12. The van der Waals surface area contributed by atoms with Crippen LogP contribution in [0.5, 0.6) is 0 Å². The zero-order valence-electron chi connectivity index (χ0n) is 8.44. The quantitative estimate of drug-likeness (QED) is 0.773. The van der Waals surface area contributed by atoms with Gasteiger partial charge in [-0.15, -0.1) is 0 Å². The third-order valence-electron chi connectivity index (χ3n) is 3.12. The highest BCUT2D eigenvalue weighted by Crippen LogP contribution is 2.36. The van der Waals surface area contributed by atoms with Crippen LogP contribution in [0.2, 0.25) is 0 Å². The summed E-state index contributed by atoms with van der Waals surface area (Å²) in [5.41, 5.74) is 8.04. The van der Waals surface area contributed by atoms with Gasteiger partial charge in [-0.1, -0.05) is 18.0 Å². The first-order valence-corrected chi connectivity index (χ1v) is 5.35. The van der Waals surface area contributed by atoms with Crippen LogP contribution >= 0.6 is 0 Å². The summed E-state index contributed by atoms with van der Waals surface area (Å²) in [6.07, 6.45) is 6.59. The number of nitrogens with zero attached hydrogens (tertiary/aromatic N) is 2. The molecule has 3 rings (SSSR count). The van der Waals surface area contributed by atoms with Crippen LogP contribution in [-0.2, 0) is 0 Å². The molecule has 0 amide bonds. The first-order chi connectivity index (χ1) is 7.34. The molecule has 0 aromatic carbocycles. The van der Waals surface area contributed by atoms with Crippen molar-refractivity contribution in [1.82, 2.24) is 10.1 Å². The Morgan fingerprint density at radius 1 is 1.33 bits per heavy atom. The number of nitrogens with two attached hydrogens (primary N) is 1. The largest absolute Gasteiger partial charge is 0.397 e. The molecule has 0 atom stereocenters. The molecule has 0 spiro atoms. The van der Waals surface area contributed by atoms with E-state index in [1.165, 1.54) is 25.7 Å². The van der Waals surface area contributed by atoms with E-state index in [1.807, 2.05) is 6.07 Å². The second-order valence-electron chi connectivity index (χ2n) is 4.17. The Bertz CT molecular complexity index is 486. The number of nitrogen functional groups attached to an aromatic ring is 1. The van der Waals surface area contributed by atoms with E-state index in [0.717, 1.165) is 11.1 Å². The Morgan fingerprint density at radius 2 is 2.13 bits per heavy atom. The van der Waals surface area contributed by atoms with E-state index in [9.17, 15) is 0 Å². The summed E-state index contributed by atoms with van der Waals surface area (Å²) in [6, 6.07) is 1.91. The molecule has 0 saturated heterocycles. The van der Waals surface area contributed by atoms with Crippen molar-refractivity contribution in [2.75, 3.05) is 5.73 Å². The minimum Gasteiger partial charge on any atom is -0.397 e. The summed E-state index contributed by atoms with van der Waals surface area (Å²) in [7, 11) is 0. The second-order valence-corrected chi connectivity index (χ2v) is 4.17. The first-order valence-electron chi connectivity index (χ1n) is 5.35. The average molecular weight is 203 g/mol. The highest BCUT2D eigenvalue weighted by Gasteiger charge is 2.23. The van der Waals surface area contributed by atoms with Crippen LogP contribution in [0.25, 0.3) is 11.1 Å². The molecular weight excluding hydrogens is 190 g/mol. The molecule has 1 aliphatic rings. The average Bonchev–Trinajstić information content (AvgIpc) is 2.83. The third kappa shape index (κ3) is 1.37. The van der Waals surface area contributed by atoms with Crippen LogP contribution < -0.4 is 5.73 Å². The van der Waals surface area contributed by atoms with Crippen LogP contribution in [0.15, 0.2) is 16.8 Å². The van der Waals surface area contributed by atoms with Gasteiger partial charge in [0, 0.05) is 5.92 Å². The van der Waals surface area contributed by atoms with Gasteiger partial charge in [-0.3, -0.25) is 0 Å². The SMILES string of the molecule is Nc1cnc2onc(C3CCCC3)c2c1. The number of rotatable bonds is 1. The van der Waals surface area contributed by atoms with E-state index in [2.05, 4.69) is 10.1 Å². The minimum atomic E-state index is 0.537. The van der Waals surface area contributed by atoms with Crippen LogP contribution in [0.4, 0.5) is 5.69 Å². The smallest absolute Gasteiger partial charge is 0.258 e. The fourth-order valence-corrected chi connectivity index (χ4v) is 2.36. The van der Waals surface area contributed by atoms with Crippen molar-refractivity contribution in [2.24, 2.45) is 0 Å². The Labute approximate surface area is 87.5 Å². The first kappa shape index (κ1) is 8.71. The number of pyridine rings is 1. The molecule has 4 heteroatoms. The van der Waals surface area contributed by atoms with Crippen molar-refractivity contribution in [3.05, 3.63) is 18.0 Å². The Morgan fingerprint density at radius 3 is 2.93 bits per heavy atom. The highest BCUT2D eigenvalue weighted by atomic mass is 16.5. The summed E-state index contributed by atoms with van der Waals surface area (Å²) in [5.74, 6) is 0.537. The van der Waals surface area contributed by atoms with Crippen molar-refractivity contribution >= 4 is 16.8 Å². The highest BCUT2D eigenvalue weighted by molar-refractivity contribution is 5.79. The monoisotopic (exact) mass is 203 g/mol. The van der Waals surface area contributed by atoms with Crippen molar-refractivity contribution in [3.63, 3.8) is 0 Å². The molecule has 15 heavy (non-hydrogen) atoms. The summed E-state index contributed by atoms with van der Waals surface area (Å²) in [5, 5.41) is 5.11. The summed E-state index contributed by atoms with van der Waals surface area (Å²) < 4.78 is 5.20. The maximum absolute atomic E-state index is 5.72. The molecule has 4 nitrogen and oxygen atoms in total. The van der Waals surface area contributed by atoms with E-state index in [-0.39, 0.29) is 0 Å². The van der Waals surface area contributed by atoms with Crippen molar-refractivity contribution in [3.8, 4) is 0 Å². The fourth-order valence-electron chi connectivity index (χ4n) is 2.36. The zero-order valence-corrected chi connectivity index (χ0v) is 8.44. The number of hydrogen-bond acceptors (Lipinski definition) is 4. The molecule has 0 unspecified atom stereocenters. The molecule has 0 radical (unpaired) electrons. The molecule has 2 heterocycles. The van der Waals surface area contributed by atoms with Gasteiger partial charge in [-0.05, 0) is 18.9 Å². The van der Waals surface area contributed by atoms with Gasteiger partial charge in [0.2, 0.25) is 0 Å². The topological polar surface area (TPSA) is 64.9 Å². The van der Waals surface area contributed by atoms with Gasteiger partial charge < -0.3 is 10.3 Å². The van der Waals surface area contributed by atoms with Gasteiger partial charge in [0.15, 0.2) is 0 Å². The van der Waals surface area contributed by atoms with Crippen LogP contribution in [0, 0.1) is 0 Å². The fraction of sp³-hybridized carbons (Fsp3) is 0.455. The van der Waals surface area contributed by atoms with E-state index in [0.29, 0.717) is 17.3 Å². The number of aromatic nitrogens is 2. The van der Waals surface area contributed by atoms with Gasteiger partial charge in [-0.25, -0.2) is 4.98 Å². The Hall–Kier alpha value is -1.58. The predicted molar refractivity (Wildman–Crippen MR) is 57.4 cm³/mol. The summed E-state index contributed by atoms with van der Waals surface area (Å²) in [6.45, 7) is 0. The van der Waals surface area contributed by atoms with Gasteiger partial charge in [-0.2, -0.15) is 0 Å². The molecule has 1 saturated carbocycles. The molecule has 2 aromatic rings. The summed E-state index contributed by atoms with van der Waals surface area (Å²) >= 11 is 0. The number of hydrogen-bond donors (Lipinski definition) is 1. The molecule has 0 bridgehead atoms. The molecule has 78 valence electrons. The number of fused-ring (bicyclic) bond motifs is 1. The van der Waals surface area contributed by atoms with Gasteiger partial charge in [0.05, 0.1) is 23.0 Å². The van der Waals surface area contributed by atoms with Crippen molar-refractivity contribution in [2.45, 2.75) is 31.6 Å². The van der Waals surface area contributed by atoms with Gasteiger partial charge >= 0.3 is 0 Å². The standard InChI is InChI=1S/C11H13N3O/c12-8-5-9-10(7-3-1-2-4-7)14-15-11(9)13-6-8/h5-7H,1-4,12H2. The maximum Gasteiger partial charge on any atom is 0.258 e. The van der Waals surface area contributed by atoms with Crippen molar-refractivity contribution < 1.29 is 4.52 Å². The molecule has 2 aromatic heterocycles. The van der Waals surface area contributed by atoms with Crippen LogP contribution in [0.1, 0.15) is 37.3 Å². The zero-order chi connectivity index (χ0) is 10.3. The Kier molecular flexibility index (Phi) is 1.87. The van der Waals surface area contributed by atoms with Crippen molar-refractivity contribution in [1.29, 1.82) is 0 Å². The normalized spacial score (nSPS) is 17.6. The lowest BCUT2D eigenvalue weighted by molar-refractivity contribution is 0.430. The number of anilines is 1. The van der Waals surface area contributed by atoms with Gasteiger partial charge in [0.1, 0.15) is 0 Å². The predicted octanol–water partition coefficient (Wildman–Crippen LogP) is 2.46. The van der Waals surface area contributed by atoms with E-state index < -0.39 is 0 Å². The lowest BCUT2D eigenvalue weighted by Gasteiger charge is -2.03. The maximum atomic E-state index is 5.72. The lowest BCUT2D eigenvalue weighted by atomic mass is 10.0.